The fraction of sp³-hybridized carbons (Fsp3) is 0. The van der Waals surface area contributed by atoms with Crippen LogP contribution >= 0.6 is 11.3 Å². The van der Waals surface area contributed by atoms with Gasteiger partial charge in [-0.3, -0.25) is 4.57 Å². The maximum Gasteiger partial charge on any atom is 0.129 e. The highest BCUT2D eigenvalue weighted by atomic mass is 32.1. The second kappa shape index (κ2) is 9.55. The Morgan fingerprint density at radius 3 is 1.53 bits per heavy atom. The van der Waals surface area contributed by atoms with Gasteiger partial charge in [-0.1, -0.05) is 127 Å². The number of fused-ring (bicyclic) bond motifs is 6. The minimum Gasteiger partial charge on any atom is -0.309 e. The van der Waals surface area contributed by atoms with Crippen LogP contribution in [0, 0.1) is 0 Å². The zero-order valence-corrected chi connectivity index (χ0v) is 24.0. The first-order valence-electron chi connectivity index (χ1n) is 14.5. The summed E-state index contributed by atoms with van der Waals surface area (Å²) in [6.07, 6.45) is 0. The van der Waals surface area contributed by atoms with E-state index in [1.165, 1.54) is 43.6 Å². The Bertz CT molecular complexity index is 2430. The second-order valence-electron chi connectivity index (χ2n) is 10.8. The molecule has 9 rings (SSSR count). The molecule has 0 amide bonds. The predicted molar refractivity (Wildman–Crippen MR) is 182 cm³/mol. The molecule has 0 fully saturated rings. The number of hydrogen-bond donors (Lipinski definition) is 0. The van der Waals surface area contributed by atoms with Gasteiger partial charge in [0.25, 0.3) is 0 Å². The summed E-state index contributed by atoms with van der Waals surface area (Å²) in [5.74, 6) is 0. The molecule has 202 valence electrons. The number of hydrogen-bond acceptors (Lipinski definition) is 2. The van der Waals surface area contributed by atoms with Gasteiger partial charge >= 0.3 is 0 Å². The molecule has 9 aromatic rings. The molecular formula is C39H25N3S. The molecule has 6 aromatic carbocycles. The first-order chi connectivity index (χ1) is 21.3. The Morgan fingerprint density at radius 2 is 0.907 bits per heavy atom. The molecule has 3 aromatic heterocycles. The van der Waals surface area contributed by atoms with Crippen LogP contribution in [0.1, 0.15) is 0 Å². The van der Waals surface area contributed by atoms with E-state index in [1.807, 2.05) is 0 Å². The molecule has 0 aliphatic carbocycles. The number of rotatable bonds is 4. The van der Waals surface area contributed by atoms with Crippen molar-refractivity contribution in [2.45, 2.75) is 0 Å². The molecule has 0 bridgehead atoms. The van der Waals surface area contributed by atoms with E-state index >= 15 is 0 Å². The second-order valence-corrected chi connectivity index (χ2v) is 11.8. The van der Waals surface area contributed by atoms with Crippen molar-refractivity contribution >= 4 is 54.9 Å². The van der Waals surface area contributed by atoms with Gasteiger partial charge in [-0.2, -0.15) is 0 Å². The number of para-hydroxylation sites is 3. The van der Waals surface area contributed by atoms with Crippen molar-refractivity contribution in [3.8, 4) is 32.5 Å². The fourth-order valence-corrected chi connectivity index (χ4v) is 7.58. The van der Waals surface area contributed by atoms with Gasteiger partial charge in [0.2, 0.25) is 0 Å². The van der Waals surface area contributed by atoms with Crippen LogP contribution in [0.25, 0.3) is 76.1 Å². The average Bonchev–Trinajstić information content (AvgIpc) is 3.75. The Hall–Kier alpha value is -5.45. The van der Waals surface area contributed by atoms with Gasteiger partial charge in [0.1, 0.15) is 15.7 Å². The normalized spacial score (nSPS) is 11.7. The van der Waals surface area contributed by atoms with E-state index in [1.54, 1.807) is 11.3 Å². The molecule has 0 unspecified atom stereocenters. The average molecular weight is 568 g/mol. The SMILES string of the molecule is c1ccc(-c2nc(-c3ccccc3)c(-n3c4ccccc4c4cc5c(cc43)c3ccccc3n5-c3ccccc3)s2)cc1. The summed E-state index contributed by atoms with van der Waals surface area (Å²) in [6.45, 7) is 0. The molecule has 4 heteroatoms. The van der Waals surface area contributed by atoms with Crippen LogP contribution in [0.3, 0.4) is 0 Å². The summed E-state index contributed by atoms with van der Waals surface area (Å²) >= 11 is 1.75. The van der Waals surface area contributed by atoms with Gasteiger partial charge in [-0.15, -0.1) is 0 Å². The van der Waals surface area contributed by atoms with E-state index in [2.05, 4.69) is 161 Å². The third-order valence-corrected chi connectivity index (χ3v) is 9.45. The molecule has 0 radical (unpaired) electrons. The zero-order valence-electron chi connectivity index (χ0n) is 23.2. The van der Waals surface area contributed by atoms with Crippen molar-refractivity contribution in [2.75, 3.05) is 0 Å². The Balaban J connectivity index is 1.42. The van der Waals surface area contributed by atoms with Crippen molar-refractivity contribution in [1.29, 1.82) is 0 Å². The Labute approximate surface area is 252 Å². The summed E-state index contributed by atoms with van der Waals surface area (Å²) in [6, 6.07) is 54.0. The number of nitrogens with zero attached hydrogens (tertiary/aromatic N) is 3. The molecule has 0 saturated carbocycles. The highest BCUT2D eigenvalue weighted by molar-refractivity contribution is 7.18. The van der Waals surface area contributed by atoms with Crippen LogP contribution in [0.5, 0.6) is 0 Å². The summed E-state index contributed by atoms with van der Waals surface area (Å²) in [4.78, 5) is 5.27. The van der Waals surface area contributed by atoms with Crippen LogP contribution < -0.4 is 0 Å². The van der Waals surface area contributed by atoms with Crippen molar-refractivity contribution in [3.63, 3.8) is 0 Å². The third-order valence-electron chi connectivity index (χ3n) is 8.36. The van der Waals surface area contributed by atoms with Gasteiger partial charge in [0.15, 0.2) is 0 Å². The molecule has 0 N–H and O–H groups in total. The molecule has 0 atom stereocenters. The quantitative estimate of drug-likeness (QED) is 0.207. The summed E-state index contributed by atoms with van der Waals surface area (Å²) < 4.78 is 4.83. The van der Waals surface area contributed by atoms with Crippen LogP contribution in [0.15, 0.2) is 152 Å². The molecule has 0 spiro atoms. The number of thiazole rings is 1. The number of benzene rings is 6. The van der Waals surface area contributed by atoms with Crippen LogP contribution in [0.2, 0.25) is 0 Å². The molecule has 43 heavy (non-hydrogen) atoms. The standard InChI is InChI=1S/C39H25N3S/c1-4-14-26(15-5-1)37-39(43-38(40-37)27-16-6-2-7-17-27)42-34-23-13-11-21-30(34)32-24-35-31(25-36(32)42)29-20-10-12-22-33(29)41(35)28-18-8-3-9-19-28/h1-25H. The van der Waals surface area contributed by atoms with E-state index in [9.17, 15) is 0 Å². The lowest BCUT2D eigenvalue weighted by Gasteiger charge is -2.09. The van der Waals surface area contributed by atoms with Crippen LogP contribution in [-0.4, -0.2) is 14.1 Å². The van der Waals surface area contributed by atoms with Gasteiger partial charge in [-0.25, -0.2) is 4.98 Å². The minimum atomic E-state index is 0.999. The van der Waals surface area contributed by atoms with Gasteiger partial charge < -0.3 is 4.57 Å². The van der Waals surface area contributed by atoms with Crippen molar-refractivity contribution < 1.29 is 0 Å². The molecule has 0 aliphatic rings. The minimum absolute atomic E-state index is 0.999. The lowest BCUT2D eigenvalue weighted by molar-refractivity contribution is 1.18. The monoisotopic (exact) mass is 567 g/mol. The molecule has 0 saturated heterocycles. The van der Waals surface area contributed by atoms with E-state index in [0.717, 1.165) is 32.5 Å². The van der Waals surface area contributed by atoms with E-state index < -0.39 is 0 Å². The Kier molecular flexibility index (Phi) is 5.37. The van der Waals surface area contributed by atoms with E-state index in [4.69, 9.17) is 4.98 Å². The van der Waals surface area contributed by atoms with Crippen LogP contribution in [-0.2, 0) is 0 Å². The zero-order chi connectivity index (χ0) is 28.3. The van der Waals surface area contributed by atoms with Crippen molar-refractivity contribution in [1.82, 2.24) is 14.1 Å². The molecular weight excluding hydrogens is 543 g/mol. The lowest BCUT2D eigenvalue weighted by Crippen LogP contribution is -1.94. The summed E-state index contributed by atoms with van der Waals surface area (Å²) in [7, 11) is 0. The lowest BCUT2D eigenvalue weighted by atomic mass is 10.1. The van der Waals surface area contributed by atoms with Crippen molar-refractivity contribution in [2.24, 2.45) is 0 Å². The smallest absolute Gasteiger partial charge is 0.129 e. The predicted octanol–water partition coefficient (Wildman–Crippen LogP) is 10.7. The summed E-state index contributed by atoms with van der Waals surface area (Å²) in [5.41, 5.74) is 9.19. The third kappa shape index (κ3) is 3.70. The van der Waals surface area contributed by atoms with Crippen LogP contribution in [0.4, 0.5) is 0 Å². The van der Waals surface area contributed by atoms with Gasteiger partial charge in [0, 0.05) is 38.4 Å². The highest BCUT2D eigenvalue weighted by Gasteiger charge is 2.22. The topological polar surface area (TPSA) is 22.8 Å². The first kappa shape index (κ1) is 24.2. The van der Waals surface area contributed by atoms with E-state index in [0.29, 0.717) is 0 Å². The molecule has 3 heterocycles. The molecule has 0 aliphatic heterocycles. The van der Waals surface area contributed by atoms with Gasteiger partial charge in [-0.05, 0) is 36.4 Å². The van der Waals surface area contributed by atoms with E-state index in [-0.39, 0.29) is 0 Å². The fourth-order valence-electron chi connectivity index (χ4n) is 6.46. The maximum absolute atomic E-state index is 5.27. The largest absolute Gasteiger partial charge is 0.309 e. The first-order valence-corrected chi connectivity index (χ1v) is 15.3. The highest BCUT2D eigenvalue weighted by Crippen LogP contribution is 2.44. The number of aromatic nitrogens is 3. The summed E-state index contributed by atoms with van der Waals surface area (Å²) in [5, 5.41) is 7.10. The Morgan fingerprint density at radius 1 is 0.419 bits per heavy atom. The van der Waals surface area contributed by atoms with Gasteiger partial charge in [0.05, 0.1) is 22.1 Å². The van der Waals surface area contributed by atoms with Crippen molar-refractivity contribution in [3.05, 3.63) is 152 Å². The maximum atomic E-state index is 5.27. The molecule has 3 nitrogen and oxygen atoms in total.